The molecule has 1 aliphatic heterocycles. The molecule has 1 aromatic rings. The number of hydrogen-bond donors (Lipinski definition) is 0. The number of aryl methyl sites for hydroxylation is 1. The average Bonchev–Trinajstić information content (AvgIpc) is 2.54. The van der Waals surface area contributed by atoms with E-state index in [1.54, 1.807) is 0 Å². The fourth-order valence-electron chi connectivity index (χ4n) is 2.06. The van der Waals surface area contributed by atoms with Crippen molar-refractivity contribution in [3.05, 3.63) is 23.4 Å². The second-order valence-electron chi connectivity index (χ2n) is 4.42. The lowest BCUT2D eigenvalue weighted by atomic mass is 10.2. The van der Waals surface area contributed by atoms with Gasteiger partial charge in [0.15, 0.2) is 0 Å². The summed E-state index contributed by atoms with van der Waals surface area (Å²) < 4.78 is 5.61. The zero-order valence-corrected chi connectivity index (χ0v) is 10.3. The third-order valence-electron chi connectivity index (χ3n) is 2.89. The van der Waals surface area contributed by atoms with Gasteiger partial charge in [-0.15, -0.1) is 0 Å². The molecule has 0 N–H and O–H groups in total. The molecule has 1 aromatic heterocycles. The van der Waals surface area contributed by atoms with Crippen LogP contribution in [0.5, 0.6) is 0 Å². The predicted molar refractivity (Wildman–Crippen MR) is 65.9 cm³/mol. The normalized spacial score (nSPS) is 20.8. The Morgan fingerprint density at radius 3 is 3.12 bits per heavy atom. The van der Waals surface area contributed by atoms with Crippen molar-refractivity contribution >= 4 is 5.82 Å². The molecule has 0 bridgehead atoms. The summed E-state index contributed by atoms with van der Waals surface area (Å²) in [6, 6.07) is 5.93. The van der Waals surface area contributed by atoms with E-state index in [4.69, 9.17) is 10.00 Å². The number of pyridine rings is 1. The second-order valence-corrected chi connectivity index (χ2v) is 4.42. The number of nitriles is 1. The SMILES string of the molecule is Cc1ccc(C#N)c(N2CCCOC(C)C2)n1. The van der Waals surface area contributed by atoms with E-state index in [0.717, 1.165) is 37.6 Å². The number of rotatable bonds is 1. The minimum absolute atomic E-state index is 0.186. The Morgan fingerprint density at radius 1 is 1.53 bits per heavy atom. The summed E-state index contributed by atoms with van der Waals surface area (Å²) in [4.78, 5) is 6.65. The zero-order chi connectivity index (χ0) is 12.3. The number of anilines is 1. The molecule has 4 heteroatoms. The van der Waals surface area contributed by atoms with Crippen molar-refractivity contribution in [1.82, 2.24) is 4.98 Å². The molecule has 0 spiro atoms. The summed E-state index contributed by atoms with van der Waals surface area (Å²) in [5, 5.41) is 9.13. The van der Waals surface area contributed by atoms with Crippen molar-refractivity contribution in [3.63, 3.8) is 0 Å². The van der Waals surface area contributed by atoms with Crippen LogP contribution in [0.3, 0.4) is 0 Å². The van der Waals surface area contributed by atoms with E-state index in [2.05, 4.69) is 22.9 Å². The van der Waals surface area contributed by atoms with Crippen molar-refractivity contribution < 1.29 is 4.74 Å². The molecule has 1 aliphatic rings. The molecule has 1 saturated heterocycles. The molecule has 1 unspecified atom stereocenters. The van der Waals surface area contributed by atoms with Gasteiger partial charge in [-0.3, -0.25) is 0 Å². The van der Waals surface area contributed by atoms with E-state index >= 15 is 0 Å². The summed E-state index contributed by atoms with van der Waals surface area (Å²) in [5.41, 5.74) is 1.58. The first kappa shape index (κ1) is 11.9. The molecule has 0 radical (unpaired) electrons. The fourth-order valence-corrected chi connectivity index (χ4v) is 2.06. The quantitative estimate of drug-likeness (QED) is 0.740. The van der Waals surface area contributed by atoms with Crippen LogP contribution in [0.1, 0.15) is 24.6 Å². The van der Waals surface area contributed by atoms with Gasteiger partial charge in [-0.2, -0.15) is 5.26 Å². The van der Waals surface area contributed by atoms with Gasteiger partial charge in [0.2, 0.25) is 0 Å². The minimum Gasteiger partial charge on any atom is -0.377 e. The van der Waals surface area contributed by atoms with Crippen molar-refractivity contribution in [1.29, 1.82) is 5.26 Å². The Kier molecular flexibility index (Phi) is 3.60. The highest BCUT2D eigenvalue weighted by Gasteiger charge is 2.19. The summed E-state index contributed by atoms with van der Waals surface area (Å²) in [5.74, 6) is 0.796. The maximum Gasteiger partial charge on any atom is 0.146 e. The highest BCUT2D eigenvalue weighted by Crippen LogP contribution is 2.20. The Hall–Kier alpha value is -1.60. The third-order valence-corrected chi connectivity index (χ3v) is 2.89. The molecular formula is C13H17N3O. The lowest BCUT2D eigenvalue weighted by molar-refractivity contribution is 0.0820. The largest absolute Gasteiger partial charge is 0.377 e. The van der Waals surface area contributed by atoms with Crippen LogP contribution in [-0.2, 0) is 4.74 Å². The van der Waals surface area contributed by atoms with E-state index in [1.165, 1.54) is 0 Å². The zero-order valence-electron chi connectivity index (χ0n) is 10.3. The average molecular weight is 231 g/mol. The van der Waals surface area contributed by atoms with Crippen molar-refractivity contribution in [2.24, 2.45) is 0 Å². The molecule has 0 aromatic carbocycles. The topological polar surface area (TPSA) is 49.2 Å². The monoisotopic (exact) mass is 231 g/mol. The standard InChI is InChI=1S/C13H17N3O/c1-10-4-5-12(8-14)13(15-10)16-6-3-7-17-11(2)9-16/h4-5,11H,3,6-7,9H2,1-2H3. The van der Waals surface area contributed by atoms with Crippen LogP contribution >= 0.6 is 0 Å². The Balaban J connectivity index is 2.31. The molecule has 2 heterocycles. The molecule has 90 valence electrons. The van der Waals surface area contributed by atoms with Crippen LogP contribution in [0.4, 0.5) is 5.82 Å². The number of hydrogen-bond acceptors (Lipinski definition) is 4. The van der Waals surface area contributed by atoms with Gasteiger partial charge < -0.3 is 9.64 Å². The van der Waals surface area contributed by atoms with Gasteiger partial charge in [-0.05, 0) is 32.4 Å². The van der Waals surface area contributed by atoms with Crippen molar-refractivity contribution in [3.8, 4) is 6.07 Å². The Labute approximate surface area is 102 Å². The summed E-state index contributed by atoms with van der Waals surface area (Å²) in [6.45, 7) is 6.48. The van der Waals surface area contributed by atoms with Gasteiger partial charge in [-0.1, -0.05) is 0 Å². The van der Waals surface area contributed by atoms with E-state index in [0.29, 0.717) is 5.56 Å². The first-order valence-electron chi connectivity index (χ1n) is 5.95. The van der Waals surface area contributed by atoms with Crippen LogP contribution in [0.15, 0.2) is 12.1 Å². The maximum absolute atomic E-state index is 9.13. The number of aromatic nitrogens is 1. The summed E-state index contributed by atoms with van der Waals surface area (Å²) in [6.07, 6.45) is 1.16. The second kappa shape index (κ2) is 5.15. The molecule has 1 fully saturated rings. The molecule has 0 saturated carbocycles. The summed E-state index contributed by atoms with van der Waals surface area (Å²) in [7, 11) is 0. The van der Waals surface area contributed by atoms with Gasteiger partial charge in [0, 0.05) is 25.4 Å². The Bertz CT molecular complexity index is 439. The maximum atomic E-state index is 9.13. The molecular weight excluding hydrogens is 214 g/mol. The lowest BCUT2D eigenvalue weighted by Crippen LogP contribution is -2.31. The van der Waals surface area contributed by atoms with Crippen molar-refractivity contribution in [2.75, 3.05) is 24.6 Å². The number of nitrogens with zero attached hydrogens (tertiary/aromatic N) is 3. The van der Waals surface area contributed by atoms with Gasteiger partial charge in [0.1, 0.15) is 11.9 Å². The number of ether oxygens (including phenoxy) is 1. The van der Waals surface area contributed by atoms with Gasteiger partial charge in [0.25, 0.3) is 0 Å². The molecule has 17 heavy (non-hydrogen) atoms. The third kappa shape index (κ3) is 2.75. The van der Waals surface area contributed by atoms with Gasteiger partial charge in [0.05, 0.1) is 11.7 Å². The van der Waals surface area contributed by atoms with E-state index in [1.807, 2.05) is 19.1 Å². The lowest BCUT2D eigenvalue weighted by Gasteiger charge is -2.24. The molecule has 1 atom stereocenters. The highest BCUT2D eigenvalue weighted by molar-refractivity contribution is 5.54. The van der Waals surface area contributed by atoms with Crippen LogP contribution in [-0.4, -0.2) is 30.8 Å². The summed E-state index contributed by atoms with van der Waals surface area (Å²) >= 11 is 0. The molecule has 2 rings (SSSR count). The van der Waals surface area contributed by atoms with Crippen LogP contribution < -0.4 is 4.90 Å². The van der Waals surface area contributed by atoms with Crippen molar-refractivity contribution in [2.45, 2.75) is 26.4 Å². The van der Waals surface area contributed by atoms with Gasteiger partial charge in [-0.25, -0.2) is 4.98 Å². The molecule has 4 nitrogen and oxygen atoms in total. The van der Waals surface area contributed by atoms with E-state index in [-0.39, 0.29) is 6.10 Å². The van der Waals surface area contributed by atoms with E-state index < -0.39 is 0 Å². The fraction of sp³-hybridized carbons (Fsp3) is 0.538. The van der Waals surface area contributed by atoms with E-state index in [9.17, 15) is 0 Å². The highest BCUT2D eigenvalue weighted by atomic mass is 16.5. The van der Waals surface area contributed by atoms with Crippen LogP contribution in [0, 0.1) is 18.3 Å². The first-order valence-corrected chi connectivity index (χ1v) is 5.95. The Morgan fingerprint density at radius 2 is 2.35 bits per heavy atom. The first-order chi connectivity index (χ1) is 8.20. The van der Waals surface area contributed by atoms with Crippen LogP contribution in [0.2, 0.25) is 0 Å². The molecule has 0 amide bonds. The minimum atomic E-state index is 0.186. The van der Waals surface area contributed by atoms with Crippen LogP contribution in [0.25, 0.3) is 0 Å². The predicted octanol–water partition coefficient (Wildman–Crippen LogP) is 1.88. The smallest absolute Gasteiger partial charge is 0.146 e. The van der Waals surface area contributed by atoms with Gasteiger partial charge >= 0.3 is 0 Å². The molecule has 0 aliphatic carbocycles.